The molecule has 0 aliphatic heterocycles. The van der Waals surface area contributed by atoms with Crippen molar-refractivity contribution in [3.05, 3.63) is 44.1 Å². The third-order valence-electron chi connectivity index (χ3n) is 3.99. The molecule has 0 saturated carbocycles. The van der Waals surface area contributed by atoms with Gasteiger partial charge in [0.15, 0.2) is 5.75 Å². The van der Waals surface area contributed by atoms with Crippen molar-refractivity contribution < 1.29 is 24.5 Å². The van der Waals surface area contributed by atoms with Gasteiger partial charge in [-0.15, -0.1) is 0 Å². The van der Waals surface area contributed by atoms with Gasteiger partial charge in [0.2, 0.25) is 5.91 Å². The highest BCUT2D eigenvalue weighted by atomic mass is 127. The number of rotatable bonds is 6. The monoisotopic (exact) mass is 861 g/mol. The van der Waals surface area contributed by atoms with Crippen LogP contribution in [-0.4, -0.2) is 28.1 Å². The lowest BCUT2D eigenvalue weighted by molar-refractivity contribution is -0.143. The van der Waals surface area contributed by atoms with Crippen LogP contribution in [0.1, 0.15) is 26.3 Å². The fraction of sp³-hybridized carbons (Fsp3) is 0.300. The van der Waals surface area contributed by atoms with Gasteiger partial charge in [-0.25, -0.2) is 4.79 Å². The molecule has 0 aromatic heterocycles. The van der Waals surface area contributed by atoms with Crippen LogP contribution in [0.5, 0.6) is 17.2 Å². The lowest BCUT2D eigenvalue weighted by Gasteiger charge is -2.22. The molecule has 0 saturated heterocycles. The van der Waals surface area contributed by atoms with Crippen LogP contribution in [-0.2, 0) is 16.0 Å². The Hall–Kier alpha value is -0.100. The highest BCUT2D eigenvalue weighted by Gasteiger charge is 2.28. The summed E-state index contributed by atoms with van der Waals surface area (Å²) in [6.45, 7) is 5.22. The predicted molar refractivity (Wildman–Crippen MR) is 148 cm³/mol. The van der Waals surface area contributed by atoms with Crippen LogP contribution in [0.25, 0.3) is 0 Å². The molecule has 0 heterocycles. The standard InChI is InChI=1S/C20H19I4NO5/c1-20(2,3)19(29)25-15(18(27)28)6-9-4-13(23)17(14(24)5-9)30-10-7-11(21)16(26)12(22)8-10/h4-5,7-8,15,26H,6H2,1-3H3,(H,25,29)(H,27,28). The van der Waals surface area contributed by atoms with Gasteiger partial charge in [-0.05, 0) is 120 Å². The van der Waals surface area contributed by atoms with Crippen molar-refractivity contribution in [3.8, 4) is 17.2 Å². The number of carbonyl (C=O) groups is 2. The lowest BCUT2D eigenvalue weighted by atomic mass is 9.94. The van der Waals surface area contributed by atoms with Gasteiger partial charge < -0.3 is 20.3 Å². The molecule has 0 aliphatic rings. The molecule has 10 heteroatoms. The first-order valence-corrected chi connectivity index (χ1v) is 13.0. The molecule has 2 aromatic carbocycles. The number of aromatic hydroxyl groups is 1. The maximum absolute atomic E-state index is 12.2. The Balaban J connectivity index is 2.26. The second-order valence-electron chi connectivity index (χ2n) is 7.54. The van der Waals surface area contributed by atoms with E-state index in [0.29, 0.717) is 18.6 Å². The van der Waals surface area contributed by atoms with Crippen LogP contribution in [0.2, 0.25) is 0 Å². The zero-order valence-corrected chi connectivity index (χ0v) is 24.9. The molecule has 2 aromatic rings. The molecule has 0 bridgehead atoms. The molecule has 1 atom stereocenters. The zero-order chi connectivity index (χ0) is 22.8. The number of carboxylic acids is 1. The quantitative estimate of drug-likeness (QED) is 0.322. The first-order valence-electron chi connectivity index (χ1n) is 8.67. The number of hydrogen-bond donors (Lipinski definition) is 3. The topological polar surface area (TPSA) is 95.9 Å². The first kappa shape index (κ1) is 26.2. The van der Waals surface area contributed by atoms with E-state index in [1.54, 1.807) is 32.9 Å². The molecule has 1 amide bonds. The summed E-state index contributed by atoms with van der Waals surface area (Å²) >= 11 is 8.39. The van der Waals surface area contributed by atoms with E-state index in [1.165, 1.54) is 0 Å². The molecular formula is C20H19I4NO5. The summed E-state index contributed by atoms with van der Waals surface area (Å²) in [7, 11) is 0. The summed E-state index contributed by atoms with van der Waals surface area (Å²) in [4.78, 5) is 23.9. The van der Waals surface area contributed by atoms with E-state index in [9.17, 15) is 19.8 Å². The van der Waals surface area contributed by atoms with Crippen LogP contribution in [0.4, 0.5) is 0 Å². The number of phenolic OH excluding ortho intramolecular Hbond substituents is 1. The van der Waals surface area contributed by atoms with Gasteiger partial charge in [0.25, 0.3) is 0 Å². The number of nitrogens with one attached hydrogen (secondary N) is 1. The molecule has 0 fully saturated rings. The molecule has 0 spiro atoms. The molecule has 1 unspecified atom stereocenters. The fourth-order valence-corrected chi connectivity index (χ4v) is 6.19. The molecule has 162 valence electrons. The van der Waals surface area contributed by atoms with Gasteiger partial charge >= 0.3 is 5.97 Å². The Morgan fingerprint density at radius 1 is 1.00 bits per heavy atom. The minimum atomic E-state index is -1.08. The number of ether oxygens (including phenoxy) is 1. The SMILES string of the molecule is CC(C)(C)C(=O)NC(Cc1cc(I)c(Oc2cc(I)c(O)c(I)c2)c(I)c1)C(=O)O. The minimum absolute atomic E-state index is 0.165. The Kier molecular flexibility index (Phi) is 9.31. The van der Waals surface area contributed by atoms with Crippen molar-refractivity contribution in [2.24, 2.45) is 5.41 Å². The van der Waals surface area contributed by atoms with Crippen LogP contribution in [0.3, 0.4) is 0 Å². The van der Waals surface area contributed by atoms with E-state index in [4.69, 9.17) is 4.74 Å². The van der Waals surface area contributed by atoms with E-state index in [1.807, 2.05) is 57.3 Å². The molecule has 0 aliphatic carbocycles. The van der Waals surface area contributed by atoms with Gasteiger partial charge in [0, 0.05) is 11.8 Å². The van der Waals surface area contributed by atoms with Gasteiger partial charge in [-0.2, -0.15) is 0 Å². The number of benzene rings is 2. The number of phenols is 1. The summed E-state index contributed by atoms with van der Waals surface area (Å²) in [6, 6.07) is 6.19. The Morgan fingerprint density at radius 2 is 1.50 bits per heavy atom. The molecule has 6 nitrogen and oxygen atoms in total. The van der Waals surface area contributed by atoms with Crippen molar-refractivity contribution in [3.63, 3.8) is 0 Å². The van der Waals surface area contributed by atoms with Crippen molar-refractivity contribution in [2.75, 3.05) is 0 Å². The molecule has 0 radical (unpaired) electrons. The summed E-state index contributed by atoms with van der Waals surface area (Å²) in [6.07, 6.45) is 0.165. The number of hydrogen-bond acceptors (Lipinski definition) is 4. The highest BCUT2D eigenvalue weighted by molar-refractivity contribution is 14.1. The summed E-state index contributed by atoms with van der Waals surface area (Å²) in [5.74, 6) is 0.0937. The first-order chi connectivity index (χ1) is 13.8. The largest absolute Gasteiger partial charge is 0.506 e. The lowest BCUT2D eigenvalue weighted by Crippen LogP contribution is -2.46. The number of halogens is 4. The van der Waals surface area contributed by atoms with Crippen LogP contribution in [0.15, 0.2) is 24.3 Å². The number of carbonyl (C=O) groups excluding carboxylic acids is 1. The second kappa shape index (κ2) is 10.7. The smallest absolute Gasteiger partial charge is 0.326 e. The predicted octanol–water partition coefficient (Wildman–Crippen LogP) is 5.76. The average Bonchev–Trinajstić information content (AvgIpc) is 2.61. The van der Waals surface area contributed by atoms with E-state index in [2.05, 4.69) is 50.5 Å². The van der Waals surface area contributed by atoms with Crippen LogP contribution < -0.4 is 10.1 Å². The van der Waals surface area contributed by atoms with E-state index in [-0.39, 0.29) is 18.1 Å². The molecule has 2 rings (SSSR count). The van der Waals surface area contributed by atoms with Crippen LogP contribution >= 0.6 is 90.4 Å². The number of carboxylic acid groups (broad SMARTS) is 1. The number of aliphatic carboxylic acids is 1. The average molecular weight is 861 g/mol. The van der Waals surface area contributed by atoms with E-state index >= 15 is 0 Å². The Morgan fingerprint density at radius 3 is 1.93 bits per heavy atom. The van der Waals surface area contributed by atoms with Gasteiger partial charge in [0.1, 0.15) is 17.5 Å². The second-order valence-corrected chi connectivity index (χ2v) is 12.2. The van der Waals surface area contributed by atoms with E-state index < -0.39 is 17.4 Å². The van der Waals surface area contributed by atoms with Crippen LogP contribution in [0, 0.1) is 19.7 Å². The maximum Gasteiger partial charge on any atom is 0.326 e. The maximum atomic E-state index is 12.2. The van der Waals surface area contributed by atoms with Crippen molar-refractivity contribution >= 4 is 102 Å². The fourth-order valence-electron chi connectivity index (χ4n) is 2.36. The molecular weight excluding hydrogens is 842 g/mol. The summed E-state index contributed by atoms with van der Waals surface area (Å²) < 4.78 is 9.07. The summed E-state index contributed by atoms with van der Waals surface area (Å²) in [5.41, 5.74) is 0.112. The van der Waals surface area contributed by atoms with Crippen molar-refractivity contribution in [2.45, 2.75) is 33.2 Å². The Bertz CT molecular complexity index is 942. The van der Waals surface area contributed by atoms with E-state index in [0.717, 1.165) is 12.7 Å². The highest BCUT2D eigenvalue weighted by Crippen LogP contribution is 2.37. The third-order valence-corrected chi connectivity index (χ3v) is 7.24. The number of amides is 1. The van der Waals surface area contributed by atoms with Gasteiger partial charge in [0.05, 0.1) is 14.3 Å². The Labute approximate surface area is 229 Å². The third kappa shape index (κ3) is 6.95. The molecule has 3 N–H and O–H groups in total. The molecule has 30 heavy (non-hydrogen) atoms. The normalized spacial score (nSPS) is 12.4. The van der Waals surface area contributed by atoms with Gasteiger partial charge in [-0.3, -0.25) is 4.79 Å². The minimum Gasteiger partial charge on any atom is -0.506 e. The zero-order valence-electron chi connectivity index (χ0n) is 16.2. The van der Waals surface area contributed by atoms with Gasteiger partial charge in [-0.1, -0.05) is 20.8 Å². The van der Waals surface area contributed by atoms with Crippen molar-refractivity contribution in [1.29, 1.82) is 0 Å². The van der Waals surface area contributed by atoms with Crippen molar-refractivity contribution in [1.82, 2.24) is 5.32 Å². The summed E-state index contributed by atoms with van der Waals surface area (Å²) in [5, 5.41) is 22.1.